The third-order valence-electron chi connectivity index (χ3n) is 3.53. The van der Waals surface area contributed by atoms with Crippen LogP contribution in [0.15, 0.2) is 24.3 Å². The summed E-state index contributed by atoms with van der Waals surface area (Å²) in [5.74, 6) is 0.874. The van der Waals surface area contributed by atoms with Gasteiger partial charge in [0.05, 0.1) is 0 Å². The van der Waals surface area contributed by atoms with Gasteiger partial charge in [-0.1, -0.05) is 39.0 Å². The molecule has 0 bridgehead atoms. The van der Waals surface area contributed by atoms with Crippen molar-refractivity contribution in [2.45, 2.75) is 45.1 Å². The number of amides is 1. The minimum Gasteiger partial charge on any atom is -0.483 e. The highest BCUT2D eigenvalue weighted by Crippen LogP contribution is 2.31. The number of likely N-dealkylation sites (N-methyl/N-ethyl adjacent to an activating group) is 1. The molecule has 0 atom stereocenters. The summed E-state index contributed by atoms with van der Waals surface area (Å²) in [5.41, 5.74) is 1.15. The van der Waals surface area contributed by atoms with Crippen molar-refractivity contribution in [3.05, 3.63) is 29.8 Å². The first-order valence-electron chi connectivity index (χ1n) is 6.87. The van der Waals surface area contributed by atoms with Crippen LogP contribution in [-0.4, -0.2) is 30.5 Å². The molecule has 3 nitrogen and oxygen atoms in total. The lowest BCUT2D eigenvalue weighted by Gasteiger charge is -2.23. The van der Waals surface area contributed by atoms with E-state index in [1.165, 1.54) is 0 Å². The van der Waals surface area contributed by atoms with Gasteiger partial charge < -0.3 is 9.64 Å². The van der Waals surface area contributed by atoms with Crippen LogP contribution in [0.25, 0.3) is 0 Å². The Labute approximate surface area is 115 Å². The van der Waals surface area contributed by atoms with E-state index in [0.717, 1.165) is 24.2 Å². The van der Waals surface area contributed by atoms with Gasteiger partial charge in [-0.3, -0.25) is 4.79 Å². The first-order chi connectivity index (χ1) is 8.89. The molecular formula is C16H23NO2. The molecule has 0 radical (unpaired) electrons. The number of hydrogen-bond acceptors (Lipinski definition) is 2. The molecule has 1 aliphatic carbocycles. The number of rotatable bonds is 4. The van der Waals surface area contributed by atoms with Crippen molar-refractivity contribution < 1.29 is 9.53 Å². The second-order valence-electron chi connectivity index (χ2n) is 6.27. The van der Waals surface area contributed by atoms with Crippen LogP contribution in [0.5, 0.6) is 5.75 Å². The largest absolute Gasteiger partial charge is 0.483 e. The Bertz CT molecular complexity index is 458. The molecule has 1 amide bonds. The monoisotopic (exact) mass is 261 g/mol. The third kappa shape index (κ3) is 3.49. The minimum absolute atomic E-state index is 0.0159. The molecule has 0 heterocycles. The molecule has 19 heavy (non-hydrogen) atoms. The van der Waals surface area contributed by atoms with Crippen molar-refractivity contribution in [2.75, 3.05) is 13.7 Å². The molecule has 104 valence electrons. The Morgan fingerprint density at radius 2 is 1.95 bits per heavy atom. The summed E-state index contributed by atoms with van der Waals surface area (Å²) in [6, 6.07) is 8.38. The molecule has 1 fully saturated rings. The lowest BCUT2D eigenvalue weighted by atomic mass is 9.86. The van der Waals surface area contributed by atoms with E-state index in [4.69, 9.17) is 4.74 Å². The van der Waals surface area contributed by atoms with Crippen molar-refractivity contribution in [2.24, 2.45) is 0 Å². The van der Waals surface area contributed by atoms with Crippen LogP contribution < -0.4 is 4.74 Å². The zero-order chi connectivity index (χ0) is 14.0. The van der Waals surface area contributed by atoms with Gasteiger partial charge >= 0.3 is 0 Å². The zero-order valence-corrected chi connectivity index (χ0v) is 12.3. The van der Waals surface area contributed by atoms with Gasteiger partial charge in [0, 0.05) is 13.1 Å². The molecule has 0 spiro atoms. The van der Waals surface area contributed by atoms with E-state index < -0.39 is 0 Å². The van der Waals surface area contributed by atoms with Gasteiger partial charge in [-0.25, -0.2) is 0 Å². The van der Waals surface area contributed by atoms with Crippen molar-refractivity contribution in [1.82, 2.24) is 4.90 Å². The summed E-state index contributed by atoms with van der Waals surface area (Å²) in [7, 11) is 1.86. The minimum atomic E-state index is 0.0159. The first kappa shape index (κ1) is 13.9. The topological polar surface area (TPSA) is 29.5 Å². The fourth-order valence-electron chi connectivity index (χ4n) is 2.12. The Balaban J connectivity index is 2.01. The van der Waals surface area contributed by atoms with E-state index in [0.29, 0.717) is 6.04 Å². The number of carbonyl (C=O) groups is 1. The normalized spacial score (nSPS) is 15.2. The first-order valence-corrected chi connectivity index (χ1v) is 6.87. The SMILES string of the molecule is CN(C(=O)COc1ccccc1C(C)(C)C)C1CC1. The maximum Gasteiger partial charge on any atom is 0.260 e. The van der Waals surface area contributed by atoms with Gasteiger partial charge in [0.25, 0.3) is 5.91 Å². The predicted octanol–water partition coefficient (Wildman–Crippen LogP) is 2.98. The molecule has 0 aromatic heterocycles. The molecule has 1 aromatic carbocycles. The molecule has 0 saturated heterocycles. The van der Waals surface area contributed by atoms with E-state index >= 15 is 0 Å². The number of ether oxygens (including phenoxy) is 1. The quantitative estimate of drug-likeness (QED) is 0.834. The van der Waals surface area contributed by atoms with E-state index in [2.05, 4.69) is 26.8 Å². The van der Waals surface area contributed by atoms with Crippen LogP contribution in [0.4, 0.5) is 0 Å². The Kier molecular flexibility index (Phi) is 3.83. The highest BCUT2D eigenvalue weighted by molar-refractivity contribution is 5.78. The maximum atomic E-state index is 12.0. The molecule has 0 aliphatic heterocycles. The molecule has 1 aliphatic rings. The lowest BCUT2D eigenvalue weighted by Crippen LogP contribution is -2.33. The van der Waals surface area contributed by atoms with E-state index in [-0.39, 0.29) is 17.9 Å². The van der Waals surface area contributed by atoms with Crippen LogP contribution in [0.2, 0.25) is 0 Å². The maximum absolute atomic E-state index is 12.0. The predicted molar refractivity (Wildman–Crippen MR) is 76.4 cm³/mol. The van der Waals surface area contributed by atoms with Gasteiger partial charge in [0.2, 0.25) is 0 Å². The molecular weight excluding hydrogens is 238 g/mol. The summed E-state index contributed by atoms with van der Waals surface area (Å²) >= 11 is 0. The van der Waals surface area contributed by atoms with Crippen LogP contribution in [0.1, 0.15) is 39.2 Å². The average Bonchev–Trinajstić information content (AvgIpc) is 3.18. The van der Waals surface area contributed by atoms with E-state index in [9.17, 15) is 4.79 Å². The number of hydrogen-bond donors (Lipinski definition) is 0. The standard InChI is InChI=1S/C16H23NO2/c1-16(2,3)13-7-5-6-8-14(13)19-11-15(18)17(4)12-9-10-12/h5-8,12H,9-11H2,1-4H3. The second-order valence-corrected chi connectivity index (χ2v) is 6.27. The van der Waals surface area contributed by atoms with Crippen molar-refractivity contribution in [1.29, 1.82) is 0 Å². The second kappa shape index (κ2) is 5.24. The van der Waals surface area contributed by atoms with Crippen molar-refractivity contribution >= 4 is 5.91 Å². The van der Waals surface area contributed by atoms with E-state index in [1.807, 2.05) is 25.2 Å². The van der Waals surface area contributed by atoms with Crippen LogP contribution in [0.3, 0.4) is 0 Å². The van der Waals surface area contributed by atoms with Gasteiger partial charge in [-0.05, 0) is 29.9 Å². The lowest BCUT2D eigenvalue weighted by molar-refractivity contribution is -0.132. The number of carbonyl (C=O) groups excluding carboxylic acids is 1. The number of nitrogens with zero attached hydrogens (tertiary/aromatic N) is 1. The fourth-order valence-corrected chi connectivity index (χ4v) is 2.12. The highest BCUT2D eigenvalue weighted by atomic mass is 16.5. The van der Waals surface area contributed by atoms with Crippen LogP contribution >= 0.6 is 0 Å². The Morgan fingerprint density at radius 1 is 1.32 bits per heavy atom. The molecule has 0 unspecified atom stereocenters. The molecule has 0 N–H and O–H groups in total. The summed E-state index contributed by atoms with van der Waals surface area (Å²) in [4.78, 5) is 13.8. The van der Waals surface area contributed by atoms with Gasteiger partial charge in [-0.2, -0.15) is 0 Å². The summed E-state index contributed by atoms with van der Waals surface area (Å²) in [5, 5.41) is 0. The molecule has 1 saturated carbocycles. The van der Waals surface area contributed by atoms with Crippen LogP contribution in [-0.2, 0) is 10.2 Å². The summed E-state index contributed by atoms with van der Waals surface area (Å²) in [6.45, 7) is 6.56. The van der Waals surface area contributed by atoms with Gasteiger partial charge in [-0.15, -0.1) is 0 Å². The number of para-hydroxylation sites is 1. The van der Waals surface area contributed by atoms with E-state index in [1.54, 1.807) is 4.90 Å². The molecule has 2 rings (SSSR count). The molecule has 1 aromatic rings. The van der Waals surface area contributed by atoms with Crippen molar-refractivity contribution in [3.63, 3.8) is 0 Å². The highest BCUT2D eigenvalue weighted by Gasteiger charge is 2.29. The summed E-state index contributed by atoms with van der Waals surface area (Å²) in [6.07, 6.45) is 2.25. The zero-order valence-electron chi connectivity index (χ0n) is 12.3. The fraction of sp³-hybridized carbons (Fsp3) is 0.562. The molecule has 3 heteroatoms. The smallest absolute Gasteiger partial charge is 0.260 e. The average molecular weight is 261 g/mol. The van der Waals surface area contributed by atoms with Crippen molar-refractivity contribution in [3.8, 4) is 5.75 Å². The van der Waals surface area contributed by atoms with Gasteiger partial charge in [0.1, 0.15) is 5.75 Å². The Morgan fingerprint density at radius 3 is 2.53 bits per heavy atom. The van der Waals surface area contributed by atoms with Gasteiger partial charge in [0.15, 0.2) is 6.61 Å². The third-order valence-corrected chi connectivity index (χ3v) is 3.53. The Hall–Kier alpha value is -1.51. The summed E-state index contributed by atoms with van der Waals surface area (Å²) < 4.78 is 5.73. The number of benzene rings is 1. The van der Waals surface area contributed by atoms with Crippen LogP contribution in [0, 0.1) is 0 Å².